The average Bonchev–Trinajstić information content (AvgIpc) is 2.64. The predicted molar refractivity (Wildman–Crippen MR) is 108 cm³/mol. The van der Waals surface area contributed by atoms with E-state index >= 15 is 0 Å². The van der Waals surface area contributed by atoms with E-state index in [4.69, 9.17) is 16.3 Å². The number of benzene rings is 2. The van der Waals surface area contributed by atoms with Crippen molar-refractivity contribution in [3.8, 4) is 5.75 Å². The number of hydrogen-bond acceptors (Lipinski definition) is 3. The quantitative estimate of drug-likeness (QED) is 0.739. The molecule has 2 N–H and O–H groups in total. The minimum absolute atomic E-state index is 0.0423. The number of hydrogen-bond donors (Lipinski definition) is 2. The predicted octanol–water partition coefficient (Wildman–Crippen LogP) is 3.81. The Kier molecular flexibility index (Phi) is 6.86. The molecule has 0 aromatic heterocycles. The highest BCUT2D eigenvalue weighted by Crippen LogP contribution is 2.23. The molecule has 6 heteroatoms. The summed E-state index contributed by atoms with van der Waals surface area (Å²) in [5.74, 6) is -0.0388. The zero-order valence-electron chi connectivity index (χ0n) is 16.1. The van der Waals surface area contributed by atoms with Crippen LogP contribution in [0.15, 0.2) is 42.5 Å². The smallest absolute Gasteiger partial charge is 0.255 e. The molecule has 2 aromatic rings. The molecule has 0 aliphatic heterocycles. The van der Waals surface area contributed by atoms with Gasteiger partial charge in [0.2, 0.25) is 0 Å². The van der Waals surface area contributed by atoms with Crippen molar-refractivity contribution >= 4 is 23.4 Å². The Morgan fingerprint density at radius 2 is 1.56 bits per heavy atom. The molecule has 0 aliphatic rings. The topological polar surface area (TPSA) is 67.4 Å². The van der Waals surface area contributed by atoms with Gasteiger partial charge in [0, 0.05) is 23.7 Å². The Labute approximate surface area is 165 Å². The minimum Gasteiger partial charge on any atom is -0.496 e. The number of amides is 2. The van der Waals surface area contributed by atoms with Crippen LogP contribution in [0.3, 0.4) is 0 Å². The van der Waals surface area contributed by atoms with E-state index in [0.29, 0.717) is 35.0 Å². The van der Waals surface area contributed by atoms with Gasteiger partial charge < -0.3 is 15.4 Å². The lowest BCUT2D eigenvalue weighted by Crippen LogP contribution is -2.34. The van der Waals surface area contributed by atoms with Crippen LogP contribution in [0.5, 0.6) is 5.75 Å². The fourth-order valence-electron chi connectivity index (χ4n) is 2.53. The van der Waals surface area contributed by atoms with Crippen LogP contribution in [0.1, 0.15) is 47.1 Å². The molecule has 27 heavy (non-hydrogen) atoms. The second-order valence-electron chi connectivity index (χ2n) is 7.18. The first-order valence-corrected chi connectivity index (χ1v) is 9.10. The SMILES string of the molecule is COc1ccc(Cl)cc1C(=O)NCCNC(=O)c1ccc(C(C)(C)C)cc1. The number of nitrogens with one attached hydrogen (secondary N) is 2. The van der Waals surface area contributed by atoms with Gasteiger partial charge in [-0.15, -0.1) is 0 Å². The third-order valence-corrected chi connectivity index (χ3v) is 4.35. The maximum absolute atomic E-state index is 12.3. The molecule has 0 aliphatic carbocycles. The van der Waals surface area contributed by atoms with Crippen LogP contribution in [0.25, 0.3) is 0 Å². The van der Waals surface area contributed by atoms with E-state index in [9.17, 15) is 9.59 Å². The zero-order valence-corrected chi connectivity index (χ0v) is 16.8. The third kappa shape index (κ3) is 5.73. The third-order valence-electron chi connectivity index (χ3n) is 4.12. The summed E-state index contributed by atoms with van der Waals surface area (Å²) in [6, 6.07) is 12.4. The average molecular weight is 389 g/mol. The summed E-state index contributed by atoms with van der Waals surface area (Å²) in [4.78, 5) is 24.5. The van der Waals surface area contributed by atoms with E-state index < -0.39 is 0 Å². The van der Waals surface area contributed by atoms with Crippen LogP contribution in [-0.2, 0) is 5.41 Å². The second-order valence-corrected chi connectivity index (χ2v) is 7.62. The molecule has 144 valence electrons. The highest BCUT2D eigenvalue weighted by atomic mass is 35.5. The van der Waals surface area contributed by atoms with E-state index in [1.807, 2.05) is 24.3 Å². The van der Waals surface area contributed by atoms with Gasteiger partial charge in [-0.3, -0.25) is 9.59 Å². The lowest BCUT2D eigenvalue weighted by atomic mass is 9.87. The molecule has 0 saturated carbocycles. The van der Waals surface area contributed by atoms with Gasteiger partial charge in [0.25, 0.3) is 11.8 Å². The Morgan fingerprint density at radius 3 is 2.11 bits per heavy atom. The number of carbonyl (C=O) groups is 2. The molecule has 0 heterocycles. The fourth-order valence-corrected chi connectivity index (χ4v) is 2.70. The van der Waals surface area contributed by atoms with Crippen molar-refractivity contribution in [1.29, 1.82) is 0 Å². The molecule has 0 radical (unpaired) electrons. The van der Waals surface area contributed by atoms with Crippen molar-refractivity contribution in [3.63, 3.8) is 0 Å². The van der Waals surface area contributed by atoms with Crippen molar-refractivity contribution in [2.75, 3.05) is 20.2 Å². The van der Waals surface area contributed by atoms with Gasteiger partial charge in [0.05, 0.1) is 12.7 Å². The van der Waals surface area contributed by atoms with Gasteiger partial charge in [-0.1, -0.05) is 44.5 Å². The molecule has 0 unspecified atom stereocenters. The van der Waals surface area contributed by atoms with E-state index in [-0.39, 0.29) is 17.2 Å². The maximum Gasteiger partial charge on any atom is 0.255 e. The summed E-state index contributed by atoms with van der Waals surface area (Å²) in [5.41, 5.74) is 2.16. The number of carbonyl (C=O) groups excluding carboxylic acids is 2. The Morgan fingerprint density at radius 1 is 0.963 bits per heavy atom. The van der Waals surface area contributed by atoms with Gasteiger partial charge in [-0.2, -0.15) is 0 Å². The first kappa shape index (κ1) is 20.8. The lowest BCUT2D eigenvalue weighted by molar-refractivity contribution is 0.0926. The van der Waals surface area contributed by atoms with Crippen LogP contribution in [0.2, 0.25) is 5.02 Å². The first-order chi connectivity index (χ1) is 12.7. The highest BCUT2D eigenvalue weighted by molar-refractivity contribution is 6.31. The molecule has 5 nitrogen and oxygen atoms in total. The number of methoxy groups -OCH3 is 1. The largest absolute Gasteiger partial charge is 0.496 e. The highest BCUT2D eigenvalue weighted by Gasteiger charge is 2.15. The number of rotatable bonds is 6. The van der Waals surface area contributed by atoms with Crippen molar-refractivity contribution in [3.05, 3.63) is 64.2 Å². The monoisotopic (exact) mass is 388 g/mol. The molecule has 0 spiro atoms. The summed E-state index contributed by atoms with van der Waals surface area (Å²) >= 11 is 5.94. The molecule has 0 atom stereocenters. The second kappa shape index (κ2) is 8.91. The van der Waals surface area contributed by atoms with Crippen LogP contribution in [0.4, 0.5) is 0 Å². The van der Waals surface area contributed by atoms with Crippen LogP contribution in [0, 0.1) is 0 Å². The molecule has 0 saturated heterocycles. The fraction of sp³-hybridized carbons (Fsp3) is 0.333. The van der Waals surface area contributed by atoms with Gasteiger partial charge in [0.1, 0.15) is 5.75 Å². The Hall–Kier alpha value is -2.53. The van der Waals surface area contributed by atoms with Crippen LogP contribution >= 0.6 is 11.6 Å². The van der Waals surface area contributed by atoms with Gasteiger partial charge in [-0.25, -0.2) is 0 Å². The first-order valence-electron chi connectivity index (χ1n) is 8.73. The van der Waals surface area contributed by atoms with Crippen molar-refractivity contribution in [1.82, 2.24) is 10.6 Å². The van der Waals surface area contributed by atoms with E-state index in [0.717, 1.165) is 0 Å². The molecule has 0 fully saturated rings. The van der Waals surface area contributed by atoms with Gasteiger partial charge >= 0.3 is 0 Å². The van der Waals surface area contributed by atoms with Crippen molar-refractivity contribution in [2.24, 2.45) is 0 Å². The van der Waals surface area contributed by atoms with Crippen molar-refractivity contribution in [2.45, 2.75) is 26.2 Å². The van der Waals surface area contributed by atoms with Crippen LogP contribution < -0.4 is 15.4 Å². The number of halogens is 1. The summed E-state index contributed by atoms with van der Waals surface area (Å²) in [7, 11) is 1.49. The van der Waals surface area contributed by atoms with Crippen molar-refractivity contribution < 1.29 is 14.3 Å². The molecule has 0 bridgehead atoms. The summed E-state index contributed by atoms with van der Waals surface area (Å²) < 4.78 is 5.17. The van der Waals surface area contributed by atoms with E-state index in [1.165, 1.54) is 12.7 Å². The normalized spacial score (nSPS) is 11.0. The molecule has 2 aromatic carbocycles. The Bertz CT molecular complexity index is 811. The molecule has 2 rings (SSSR count). The summed E-state index contributed by atoms with van der Waals surface area (Å²) in [6.07, 6.45) is 0. The molecule has 2 amide bonds. The summed E-state index contributed by atoms with van der Waals surface area (Å²) in [5, 5.41) is 5.99. The summed E-state index contributed by atoms with van der Waals surface area (Å²) in [6.45, 7) is 6.98. The Balaban J connectivity index is 1.85. The minimum atomic E-state index is -0.307. The van der Waals surface area contributed by atoms with Gasteiger partial charge in [-0.05, 0) is 41.3 Å². The van der Waals surface area contributed by atoms with E-state index in [1.54, 1.807) is 18.2 Å². The molecular formula is C21H25ClN2O3. The van der Waals surface area contributed by atoms with Gasteiger partial charge in [0.15, 0.2) is 0 Å². The molecular weight excluding hydrogens is 364 g/mol. The number of ether oxygens (including phenoxy) is 1. The van der Waals surface area contributed by atoms with Crippen LogP contribution in [-0.4, -0.2) is 32.0 Å². The maximum atomic E-state index is 12.3. The van der Waals surface area contributed by atoms with E-state index in [2.05, 4.69) is 31.4 Å². The zero-order chi connectivity index (χ0) is 20.0. The standard InChI is InChI=1S/C21H25ClN2O3/c1-21(2,3)15-7-5-14(6-8-15)19(25)23-11-12-24-20(26)17-13-16(22)9-10-18(17)27-4/h5-10,13H,11-12H2,1-4H3,(H,23,25)(H,24,26). The lowest BCUT2D eigenvalue weighted by Gasteiger charge is -2.19.